The quantitative estimate of drug-likeness (QED) is 0.159. The van der Waals surface area contributed by atoms with E-state index in [1.54, 1.807) is 0 Å². The average Bonchev–Trinajstić information content (AvgIpc) is 3.46. The highest BCUT2D eigenvalue weighted by Gasteiger charge is 2.37. The van der Waals surface area contributed by atoms with E-state index in [1.165, 1.54) is 126 Å². The third kappa shape index (κ3) is 4.50. The number of benzene rings is 11. The fraction of sp³-hybridized carbons (Fsp3) is 0.123. The predicted octanol–water partition coefficient (Wildman–Crippen LogP) is 16.1. The Bertz CT molecular complexity index is 3260. The lowest BCUT2D eigenvalue weighted by atomic mass is 9.78. The Morgan fingerprint density at radius 2 is 0.754 bits per heavy atom. The zero-order valence-electron chi connectivity index (χ0n) is 33.1. The van der Waals surface area contributed by atoms with Crippen molar-refractivity contribution in [1.29, 1.82) is 0 Å². The first-order valence-electron chi connectivity index (χ1n) is 20.4. The molecule has 0 aromatic heterocycles. The molecule has 0 spiro atoms. The van der Waals surface area contributed by atoms with Crippen LogP contribution >= 0.6 is 0 Å². The Kier molecular flexibility index (Phi) is 6.49. The summed E-state index contributed by atoms with van der Waals surface area (Å²) in [6.45, 7) is 11.8. The monoisotopic (exact) mass is 726 g/mol. The van der Waals surface area contributed by atoms with Crippen LogP contribution in [0.15, 0.2) is 164 Å². The van der Waals surface area contributed by atoms with Gasteiger partial charge in [-0.15, -0.1) is 0 Å². The van der Waals surface area contributed by atoms with Crippen LogP contribution in [0.25, 0.3) is 109 Å². The third-order valence-corrected chi connectivity index (χ3v) is 13.5. The van der Waals surface area contributed by atoms with Crippen molar-refractivity contribution in [3.05, 3.63) is 180 Å². The molecule has 0 radical (unpaired) electrons. The summed E-state index contributed by atoms with van der Waals surface area (Å²) in [5, 5.41) is 15.7. The highest BCUT2D eigenvalue weighted by molar-refractivity contribution is 6.28. The highest BCUT2D eigenvalue weighted by Crippen LogP contribution is 2.53. The molecule has 0 atom stereocenters. The highest BCUT2D eigenvalue weighted by atomic mass is 14.4. The van der Waals surface area contributed by atoms with Crippen molar-refractivity contribution in [2.75, 3.05) is 0 Å². The second kappa shape index (κ2) is 11.3. The van der Waals surface area contributed by atoms with Crippen LogP contribution in [0.5, 0.6) is 0 Å². The fourth-order valence-electron chi connectivity index (χ4n) is 10.6. The molecule has 0 heteroatoms. The molecule has 57 heavy (non-hydrogen) atoms. The maximum Gasteiger partial charge on any atom is 0.0159 e. The third-order valence-electron chi connectivity index (χ3n) is 13.5. The summed E-state index contributed by atoms with van der Waals surface area (Å²) in [5.41, 5.74) is 14.5. The maximum absolute atomic E-state index is 2.53. The molecule has 12 rings (SSSR count). The van der Waals surface area contributed by atoms with E-state index >= 15 is 0 Å². The molecule has 11 aromatic rings. The molecule has 1 aliphatic rings. The van der Waals surface area contributed by atoms with Gasteiger partial charge < -0.3 is 0 Å². The van der Waals surface area contributed by atoms with Gasteiger partial charge in [-0.1, -0.05) is 192 Å². The molecule has 0 saturated heterocycles. The Hall–Kier alpha value is -6.50. The summed E-state index contributed by atoms with van der Waals surface area (Å²) >= 11 is 0. The molecule has 0 fully saturated rings. The Balaban J connectivity index is 1.17. The summed E-state index contributed by atoms with van der Waals surface area (Å²) < 4.78 is 0. The molecule has 0 bridgehead atoms. The van der Waals surface area contributed by atoms with Crippen molar-refractivity contribution in [3.8, 4) is 44.5 Å². The number of hydrogen-bond donors (Lipinski definition) is 0. The van der Waals surface area contributed by atoms with Gasteiger partial charge in [-0.05, 0) is 137 Å². The van der Waals surface area contributed by atoms with Gasteiger partial charge in [0, 0.05) is 5.41 Å². The van der Waals surface area contributed by atoms with Crippen molar-refractivity contribution in [1.82, 2.24) is 0 Å². The first kappa shape index (κ1) is 32.7. The summed E-state index contributed by atoms with van der Waals surface area (Å²) in [6.07, 6.45) is 0. The van der Waals surface area contributed by atoms with Gasteiger partial charge in [0.25, 0.3) is 0 Å². The second-order valence-electron chi connectivity index (χ2n) is 18.1. The van der Waals surface area contributed by atoms with E-state index in [0.717, 1.165) is 0 Å². The SMILES string of the molecule is CC(C)(C)c1ccc2c(c1)C(C)(C)c1cc(-c3c(-c4ccc5ccc6cccc7ccc4c5c67)cccc3-c3ccc4ccc5cccc6ccc3c4c56)ccc1-2. The van der Waals surface area contributed by atoms with E-state index in [0.29, 0.717) is 0 Å². The summed E-state index contributed by atoms with van der Waals surface area (Å²) in [6, 6.07) is 62.8. The van der Waals surface area contributed by atoms with E-state index in [1.807, 2.05) is 0 Å². The van der Waals surface area contributed by atoms with Crippen molar-refractivity contribution < 1.29 is 0 Å². The van der Waals surface area contributed by atoms with Gasteiger partial charge >= 0.3 is 0 Å². The van der Waals surface area contributed by atoms with Gasteiger partial charge in [0.1, 0.15) is 0 Å². The van der Waals surface area contributed by atoms with E-state index < -0.39 is 0 Å². The molecule has 0 N–H and O–H groups in total. The lowest BCUT2D eigenvalue weighted by Crippen LogP contribution is -2.17. The van der Waals surface area contributed by atoms with Crippen molar-refractivity contribution in [3.63, 3.8) is 0 Å². The van der Waals surface area contributed by atoms with Crippen LogP contribution in [0.4, 0.5) is 0 Å². The lowest BCUT2D eigenvalue weighted by molar-refractivity contribution is 0.584. The fourth-order valence-corrected chi connectivity index (χ4v) is 10.6. The van der Waals surface area contributed by atoms with Crippen LogP contribution in [0.2, 0.25) is 0 Å². The molecule has 0 aliphatic heterocycles. The molecule has 270 valence electrons. The van der Waals surface area contributed by atoms with Crippen LogP contribution in [-0.4, -0.2) is 0 Å². The smallest absolute Gasteiger partial charge is 0.0159 e. The maximum atomic E-state index is 2.53. The number of hydrogen-bond acceptors (Lipinski definition) is 0. The van der Waals surface area contributed by atoms with E-state index in [4.69, 9.17) is 0 Å². The van der Waals surface area contributed by atoms with Gasteiger partial charge in [-0.2, -0.15) is 0 Å². The van der Waals surface area contributed by atoms with Crippen LogP contribution in [0, 0.1) is 0 Å². The number of fused-ring (bicyclic) bond motifs is 3. The molecule has 0 unspecified atom stereocenters. The Morgan fingerprint density at radius 3 is 1.26 bits per heavy atom. The molecule has 1 aliphatic carbocycles. The summed E-state index contributed by atoms with van der Waals surface area (Å²) in [7, 11) is 0. The topological polar surface area (TPSA) is 0 Å². The lowest BCUT2D eigenvalue weighted by Gasteiger charge is -2.26. The normalized spacial score (nSPS) is 13.8. The minimum Gasteiger partial charge on any atom is -0.0610 e. The first-order chi connectivity index (χ1) is 27.6. The largest absolute Gasteiger partial charge is 0.0610 e. The van der Waals surface area contributed by atoms with Crippen LogP contribution in [0.3, 0.4) is 0 Å². The standard InChI is InChI=1S/C57H42/c1-56(2,3)40-24-30-44-43-27-23-39(31-49(43)57(4,5)50(44)32-40)53-45(41-25-19-37-17-15-33-9-6-11-35-21-28-47(41)54(37)51(33)35)13-8-14-46(53)42-26-20-38-18-16-34-10-7-12-36-22-29-48(42)55(38)52(34)36/h6-32H,1-5H3. The van der Waals surface area contributed by atoms with Crippen LogP contribution < -0.4 is 0 Å². The van der Waals surface area contributed by atoms with E-state index in [2.05, 4.69) is 198 Å². The van der Waals surface area contributed by atoms with Gasteiger partial charge in [0.15, 0.2) is 0 Å². The zero-order chi connectivity index (χ0) is 38.4. The van der Waals surface area contributed by atoms with E-state index in [-0.39, 0.29) is 10.8 Å². The number of rotatable bonds is 3. The zero-order valence-corrected chi connectivity index (χ0v) is 33.1. The second-order valence-corrected chi connectivity index (χ2v) is 18.1. The van der Waals surface area contributed by atoms with Gasteiger partial charge in [0.2, 0.25) is 0 Å². The first-order valence-corrected chi connectivity index (χ1v) is 20.4. The van der Waals surface area contributed by atoms with Gasteiger partial charge in [-0.3, -0.25) is 0 Å². The van der Waals surface area contributed by atoms with Crippen molar-refractivity contribution in [2.45, 2.75) is 45.4 Å². The van der Waals surface area contributed by atoms with Crippen molar-refractivity contribution in [2.24, 2.45) is 0 Å². The Labute approximate surface area is 333 Å². The predicted molar refractivity (Wildman–Crippen MR) is 246 cm³/mol. The van der Waals surface area contributed by atoms with Crippen molar-refractivity contribution >= 4 is 64.6 Å². The molecule has 0 saturated carbocycles. The Morgan fingerprint density at radius 1 is 0.351 bits per heavy atom. The minimum absolute atomic E-state index is 0.0836. The average molecular weight is 727 g/mol. The van der Waals surface area contributed by atoms with E-state index in [9.17, 15) is 0 Å². The minimum atomic E-state index is -0.142. The molecular formula is C57H42. The van der Waals surface area contributed by atoms with Crippen LogP contribution in [0.1, 0.15) is 51.3 Å². The molecule has 0 amide bonds. The summed E-state index contributed by atoms with van der Waals surface area (Å²) in [4.78, 5) is 0. The van der Waals surface area contributed by atoms with Crippen LogP contribution in [-0.2, 0) is 10.8 Å². The van der Waals surface area contributed by atoms with Gasteiger partial charge in [-0.25, -0.2) is 0 Å². The molecular weight excluding hydrogens is 685 g/mol. The summed E-state index contributed by atoms with van der Waals surface area (Å²) in [5.74, 6) is 0. The molecule has 0 heterocycles. The van der Waals surface area contributed by atoms with Gasteiger partial charge in [0.05, 0.1) is 0 Å². The molecule has 0 nitrogen and oxygen atoms in total. The molecule has 11 aromatic carbocycles.